The molecule has 1 fully saturated rings. The fourth-order valence-corrected chi connectivity index (χ4v) is 3.44. The largest absolute Gasteiger partial charge is 0.365 e. The maximum Gasteiger partial charge on any atom is 0.257 e. The lowest BCUT2D eigenvalue weighted by molar-refractivity contribution is 0.261. The van der Waals surface area contributed by atoms with Gasteiger partial charge in [-0.05, 0) is 38.1 Å². The minimum atomic E-state index is -0.138. The van der Waals surface area contributed by atoms with Gasteiger partial charge in [-0.1, -0.05) is 30.3 Å². The van der Waals surface area contributed by atoms with Crippen molar-refractivity contribution in [3.05, 3.63) is 53.1 Å². The van der Waals surface area contributed by atoms with Crippen LogP contribution < -0.4 is 10.9 Å². The first-order chi connectivity index (χ1) is 12.2. The van der Waals surface area contributed by atoms with Gasteiger partial charge >= 0.3 is 0 Å². The number of hydrogen-bond acceptors (Lipinski definition) is 5. The second-order valence-corrected chi connectivity index (χ2v) is 6.61. The number of aromatic amines is 1. The van der Waals surface area contributed by atoms with Gasteiger partial charge in [0.1, 0.15) is 17.8 Å². The Kier molecular flexibility index (Phi) is 4.19. The summed E-state index contributed by atoms with van der Waals surface area (Å²) in [6.07, 6.45) is 3.78. The number of aromatic nitrogens is 3. The van der Waals surface area contributed by atoms with Gasteiger partial charge in [0, 0.05) is 18.2 Å². The van der Waals surface area contributed by atoms with Gasteiger partial charge in [0.25, 0.3) is 5.56 Å². The molecule has 1 aromatic carbocycles. The van der Waals surface area contributed by atoms with Crippen molar-refractivity contribution >= 4 is 16.9 Å². The number of pyridine rings is 1. The summed E-state index contributed by atoms with van der Waals surface area (Å²) in [4.78, 5) is 26.3. The third kappa shape index (κ3) is 3.25. The summed E-state index contributed by atoms with van der Waals surface area (Å²) < 4.78 is 0. The van der Waals surface area contributed by atoms with Gasteiger partial charge in [-0.3, -0.25) is 4.79 Å². The third-order valence-corrected chi connectivity index (χ3v) is 4.70. The van der Waals surface area contributed by atoms with Crippen LogP contribution in [-0.4, -0.2) is 46.0 Å². The maximum atomic E-state index is 12.4. The molecule has 2 N–H and O–H groups in total. The van der Waals surface area contributed by atoms with E-state index in [4.69, 9.17) is 0 Å². The third-order valence-electron chi connectivity index (χ3n) is 4.70. The van der Waals surface area contributed by atoms with Gasteiger partial charge < -0.3 is 15.2 Å². The number of likely N-dealkylation sites (N-methyl/N-ethyl adjacent to an activating group) is 1. The maximum absolute atomic E-state index is 12.4. The first-order valence-electron chi connectivity index (χ1n) is 8.59. The van der Waals surface area contributed by atoms with Gasteiger partial charge in [-0.15, -0.1) is 0 Å². The van der Waals surface area contributed by atoms with E-state index in [-0.39, 0.29) is 5.56 Å². The number of hydrogen-bond donors (Lipinski definition) is 2. The Hall–Kier alpha value is -2.73. The van der Waals surface area contributed by atoms with Gasteiger partial charge in [-0.25, -0.2) is 9.97 Å². The van der Waals surface area contributed by atoms with Crippen molar-refractivity contribution < 1.29 is 0 Å². The van der Waals surface area contributed by atoms with Gasteiger partial charge in [0.15, 0.2) is 0 Å². The zero-order valence-electron chi connectivity index (χ0n) is 14.2. The molecule has 1 aliphatic rings. The van der Waals surface area contributed by atoms with E-state index in [0.717, 1.165) is 36.3 Å². The number of nitrogens with zero attached hydrogens (tertiary/aromatic N) is 3. The van der Waals surface area contributed by atoms with E-state index in [2.05, 4.69) is 32.2 Å². The van der Waals surface area contributed by atoms with Crippen molar-refractivity contribution in [2.24, 2.45) is 0 Å². The van der Waals surface area contributed by atoms with E-state index < -0.39 is 0 Å². The Bertz CT molecular complexity index is 937. The van der Waals surface area contributed by atoms with E-state index >= 15 is 0 Å². The lowest BCUT2D eigenvalue weighted by Crippen LogP contribution is -2.40. The Morgan fingerprint density at radius 1 is 1.24 bits per heavy atom. The first kappa shape index (κ1) is 15.8. The Balaban J connectivity index is 1.76. The van der Waals surface area contributed by atoms with Crippen molar-refractivity contribution in [1.82, 2.24) is 19.9 Å². The minimum Gasteiger partial charge on any atom is -0.365 e. The minimum absolute atomic E-state index is 0.138. The molecule has 6 nitrogen and oxygen atoms in total. The molecule has 4 rings (SSSR count). The predicted molar refractivity (Wildman–Crippen MR) is 99.7 cm³/mol. The first-order valence-corrected chi connectivity index (χ1v) is 8.59. The summed E-state index contributed by atoms with van der Waals surface area (Å²) in [5.74, 6) is 0.777. The SMILES string of the molecule is CN1CCCC(Nc2ncnc3[nH]c(=O)c(-c4ccccc4)cc23)C1. The van der Waals surface area contributed by atoms with E-state index in [9.17, 15) is 4.79 Å². The van der Waals surface area contributed by atoms with Crippen LogP contribution in [0.15, 0.2) is 47.5 Å². The van der Waals surface area contributed by atoms with Gasteiger partial charge in [0.2, 0.25) is 0 Å². The molecule has 0 spiro atoms. The lowest BCUT2D eigenvalue weighted by atomic mass is 10.0. The molecule has 1 aliphatic heterocycles. The van der Waals surface area contributed by atoms with Gasteiger partial charge in [-0.2, -0.15) is 0 Å². The number of nitrogens with one attached hydrogen (secondary N) is 2. The molecule has 0 saturated carbocycles. The van der Waals surface area contributed by atoms with Crippen LogP contribution in [0.3, 0.4) is 0 Å². The fourth-order valence-electron chi connectivity index (χ4n) is 3.44. The molecule has 0 aliphatic carbocycles. The number of piperidine rings is 1. The van der Waals surface area contributed by atoms with Crippen molar-refractivity contribution in [3.63, 3.8) is 0 Å². The quantitative estimate of drug-likeness (QED) is 0.769. The topological polar surface area (TPSA) is 73.9 Å². The number of anilines is 1. The number of likely N-dealkylation sites (tertiary alicyclic amines) is 1. The molecule has 0 amide bonds. The highest BCUT2D eigenvalue weighted by Crippen LogP contribution is 2.24. The van der Waals surface area contributed by atoms with Gasteiger partial charge in [0.05, 0.1) is 5.39 Å². The van der Waals surface area contributed by atoms with Crippen LogP contribution >= 0.6 is 0 Å². The second kappa shape index (κ2) is 6.64. The molecular formula is C19H21N5O. The summed E-state index contributed by atoms with van der Waals surface area (Å²) >= 11 is 0. The molecule has 3 heterocycles. The van der Waals surface area contributed by atoms with Crippen LogP contribution in [0.5, 0.6) is 0 Å². The number of H-pyrrole nitrogens is 1. The smallest absolute Gasteiger partial charge is 0.257 e. The van der Waals surface area contributed by atoms with Crippen molar-refractivity contribution in [3.8, 4) is 11.1 Å². The summed E-state index contributed by atoms with van der Waals surface area (Å²) in [5, 5.41) is 4.38. The molecule has 1 unspecified atom stereocenters. The van der Waals surface area contributed by atoms with Crippen LogP contribution in [0.2, 0.25) is 0 Å². The summed E-state index contributed by atoms with van der Waals surface area (Å²) in [6.45, 7) is 2.12. The molecule has 1 saturated heterocycles. The average molecular weight is 335 g/mol. The molecule has 1 atom stereocenters. The average Bonchev–Trinajstić information content (AvgIpc) is 2.62. The highest BCUT2D eigenvalue weighted by molar-refractivity contribution is 5.89. The monoisotopic (exact) mass is 335 g/mol. The molecule has 0 bridgehead atoms. The summed E-state index contributed by atoms with van der Waals surface area (Å²) in [6, 6.07) is 11.9. The second-order valence-electron chi connectivity index (χ2n) is 6.61. The van der Waals surface area contributed by atoms with Crippen molar-refractivity contribution in [2.45, 2.75) is 18.9 Å². The Morgan fingerprint density at radius 3 is 2.88 bits per heavy atom. The zero-order chi connectivity index (χ0) is 17.2. The molecule has 6 heteroatoms. The van der Waals surface area contributed by atoms with Crippen LogP contribution in [0, 0.1) is 0 Å². The van der Waals surface area contributed by atoms with E-state index in [1.807, 2.05) is 36.4 Å². The molecule has 25 heavy (non-hydrogen) atoms. The highest BCUT2D eigenvalue weighted by atomic mass is 16.1. The standard InChI is InChI=1S/C19H21N5O/c1-24-9-5-8-14(11-24)22-17-16-10-15(13-6-3-2-4-7-13)19(25)23-18(16)21-12-20-17/h2-4,6-7,10,12,14H,5,8-9,11H2,1H3,(H2,20,21,22,23,25). The van der Waals surface area contributed by atoms with Crippen LogP contribution in [-0.2, 0) is 0 Å². The van der Waals surface area contributed by atoms with E-state index in [1.165, 1.54) is 12.7 Å². The van der Waals surface area contributed by atoms with Crippen LogP contribution in [0.1, 0.15) is 12.8 Å². The Morgan fingerprint density at radius 2 is 2.08 bits per heavy atom. The molecule has 0 radical (unpaired) electrons. The normalized spacial score (nSPS) is 18.4. The van der Waals surface area contributed by atoms with E-state index in [1.54, 1.807) is 0 Å². The predicted octanol–water partition coefficient (Wildman–Crippen LogP) is 2.49. The van der Waals surface area contributed by atoms with E-state index in [0.29, 0.717) is 17.3 Å². The fraction of sp³-hybridized carbons (Fsp3) is 0.316. The number of benzene rings is 1. The summed E-state index contributed by atoms with van der Waals surface area (Å²) in [7, 11) is 2.14. The van der Waals surface area contributed by atoms with Crippen molar-refractivity contribution in [1.29, 1.82) is 0 Å². The number of rotatable bonds is 3. The summed E-state index contributed by atoms with van der Waals surface area (Å²) in [5.41, 5.74) is 1.94. The number of fused-ring (bicyclic) bond motifs is 1. The molecule has 128 valence electrons. The highest BCUT2D eigenvalue weighted by Gasteiger charge is 2.19. The molecular weight excluding hydrogens is 314 g/mol. The lowest BCUT2D eigenvalue weighted by Gasteiger charge is -2.30. The van der Waals surface area contributed by atoms with Crippen LogP contribution in [0.4, 0.5) is 5.82 Å². The molecule has 2 aromatic heterocycles. The molecule has 3 aromatic rings. The zero-order valence-corrected chi connectivity index (χ0v) is 14.2. The van der Waals surface area contributed by atoms with Crippen molar-refractivity contribution in [2.75, 3.05) is 25.5 Å². The Labute approximate surface area is 145 Å². The van der Waals surface area contributed by atoms with Crippen LogP contribution in [0.25, 0.3) is 22.2 Å².